The number of likely N-dealkylation sites (N-methyl/N-ethyl adjacent to an activating group) is 3. The van der Waals surface area contributed by atoms with Gasteiger partial charge in [-0.15, -0.1) is 11.8 Å². The molecule has 5 aromatic carbocycles. The quantitative estimate of drug-likeness (QED) is 0.0236. The number of phenols is 1. The van der Waals surface area contributed by atoms with Crippen molar-refractivity contribution in [3.63, 3.8) is 0 Å². The molecule has 0 aliphatic carbocycles. The van der Waals surface area contributed by atoms with Crippen molar-refractivity contribution in [2.75, 3.05) is 58.8 Å². The number of carboxylic acids is 2. The molecule has 2 aliphatic heterocycles. The van der Waals surface area contributed by atoms with Gasteiger partial charge in [0.25, 0.3) is 5.91 Å². The highest BCUT2D eigenvalue weighted by Crippen LogP contribution is 2.27. The number of aliphatic carboxylic acids is 2. The fourth-order valence-electron chi connectivity index (χ4n) is 15.9. The molecule has 1 aromatic heterocycles. The second-order valence-electron chi connectivity index (χ2n) is 34.4. The molecule has 2 aliphatic rings. The lowest BCUT2D eigenvalue weighted by Crippen LogP contribution is -2.62. The van der Waals surface area contributed by atoms with Crippen molar-refractivity contribution < 1.29 is 115 Å². The number of para-hydroxylation sites is 1. The number of hydrogen-bond donors (Lipinski definition) is 16. The first kappa shape index (κ1) is 107. The summed E-state index contributed by atoms with van der Waals surface area (Å²) in [4.78, 5) is 249. The molecular weight excluding hydrogens is 1780 g/mol. The first-order valence-corrected chi connectivity index (χ1v) is 45.4. The van der Waals surface area contributed by atoms with Crippen LogP contribution in [0.2, 0.25) is 0 Å². The minimum Gasteiger partial charge on any atom is -0.508 e. The number of aromatic nitrogens is 1. The Morgan fingerprint density at radius 1 is 0.570 bits per heavy atom. The Hall–Kier alpha value is -13.4. The highest BCUT2D eigenvalue weighted by molar-refractivity contribution is 8.00. The van der Waals surface area contributed by atoms with E-state index in [0.717, 1.165) is 25.2 Å². The van der Waals surface area contributed by atoms with E-state index in [9.17, 15) is 82.4 Å². The van der Waals surface area contributed by atoms with E-state index in [1.807, 2.05) is 0 Å². The molecule has 18 N–H and O–H groups in total. The molecule has 0 radical (unpaired) electrons. The van der Waals surface area contributed by atoms with E-state index in [0.29, 0.717) is 57.9 Å². The fraction of sp³-hybridized carbons (Fsp3) is 0.473. The largest absolute Gasteiger partial charge is 0.508 e. The number of phenolic OH excluding ortho intramolecular Hbond substituents is 1. The van der Waals surface area contributed by atoms with Crippen molar-refractivity contribution in [3.8, 4) is 5.75 Å². The number of unbranched alkanes of at least 4 members (excludes halogenated alkanes) is 1. The number of likely N-dealkylation sites (tertiary alicyclic amines) is 1. The smallest absolute Gasteiger partial charge is 0.305 e. The van der Waals surface area contributed by atoms with Crippen LogP contribution in [0, 0.1) is 29.3 Å². The van der Waals surface area contributed by atoms with Crippen molar-refractivity contribution in [3.05, 3.63) is 173 Å². The zero-order chi connectivity index (χ0) is 99.4. The van der Waals surface area contributed by atoms with Crippen molar-refractivity contribution >= 4 is 123 Å². The van der Waals surface area contributed by atoms with Gasteiger partial charge in [0.15, 0.2) is 29.4 Å². The first-order valence-electron chi connectivity index (χ1n) is 44.3. The molecule has 42 heteroatoms. The molecule has 0 spiro atoms. The third-order valence-electron chi connectivity index (χ3n) is 23.3. The number of aliphatic hydroxyl groups is 1. The lowest BCUT2D eigenvalue weighted by molar-refractivity contribution is -0.152. The highest BCUT2D eigenvalue weighted by Gasteiger charge is 2.46. The molecule has 0 bridgehead atoms. The Labute approximate surface area is 782 Å². The van der Waals surface area contributed by atoms with Crippen LogP contribution < -0.4 is 59.3 Å². The summed E-state index contributed by atoms with van der Waals surface area (Å²) >= 11 is 0.649. The number of thioether (sulfide) groups is 1. The number of aromatic hydroxyl groups is 1. The highest BCUT2D eigenvalue weighted by atomic mass is 32.2. The predicted octanol–water partition coefficient (Wildman–Crippen LogP) is 0.881. The number of carboxylic acid groups (broad SMARTS) is 2. The minimum atomic E-state index is -1.90. The van der Waals surface area contributed by atoms with Gasteiger partial charge in [-0.1, -0.05) is 138 Å². The number of aliphatic hydroxyl groups excluding tert-OH is 1. The first-order chi connectivity index (χ1) is 63.9. The number of nitrogens with zero attached hydrogens (tertiary/aromatic N) is 5. The number of β-amino-alcohol motifs (C(OH)–C–C–N with tert-alkyl or cyclic N) is 1. The molecule has 14 atom stereocenters. The van der Waals surface area contributed by atoms with E-state index in [4.69, 9.17) is 11.5 Å². The Morgan fingerprint density at radius 3 is 1.71 bits per heavy atom. The van der Waals surface area contributed by atoms with E-state index in [1.165, 1.54) is 57.2 Å². The number of rotatable bonds is 50. The van der Waals surface area contributed by atoms with Gasteiger partial charge in [-0.3, -0.25) is 86.8 Å². The van der Waals surface area contributed by atoms with Crippen LogP contribution in [0.5, 0.6) is 5.75 Å². The van der Waals surface area contributed by atoms with Gasteiger partial charge in [0.2, 0.25) is 76.8 Å². The monoisotopic (exact) mass is 1900 g/mol. The number of primary amides is 1. The fourth-order valence-corrected chi connectivity index (χ4v) is 16.8. The van der Waals surface area contributed by atoms with E-state index < -0.39 is 246 Å². The lowest BCUT2D eigenvalue weighted by Gasteiger charge is -2.37. The number of benzene rings is 5. The maximum atomic E-state index is 15.6. The molecule has 0 saturated carbocycles. The van der Waals surface area contributed by atoms with Gasteiger partial charge < -0.3 is 104 Å². The molecule has 6 aromatic rings. The average molecular weight is 1900 g/mol. The number of hydrogen-bond acceptors (Lipinski definition) is 22. The maximum Gasteiger partial charge on any atom is 0.305 e. The summed E-state index contributed by atoms with van der Waals surface area (Å²) < 4.78 is 45.1. The Bertz CT molecular complexity index is 5210. The molecule has 135 heavy (non-hydrogen) atoms. The van der Waals surface area contributed by atoms with Gasteiger partial charge in [-0.05, 0) is 103 Å². The van der Waals surface area contributed by atoms with Crippen LogP contribution in [0.4, 0.5) is 13.2 Å². The van der Waals surface area contributed by atoms with Crippen LogP contribution in [0.15, 0.2) is 128 Å². The third-order valence-corrected chi connectivity index (χ3v) is 24.3. The van der Waals surface area contributed by atoms with Gasteiger partial charge in [0, 0.05) is 102 Å². The van der Waals surface area contributed by atoms with Crippen LogP contribution in [-0.2, 0) is 114 Å². The van der Waals surface area contributed by atoms with Crippen molar-refractivity contribution in [2.24, 2.45) is 23.3 Å². The van der Waals surface area contributed by atoms with Crippen molar-refractivity contribution in [2.45, 2.75) is 210 Å². The Balaban J connectivity index is 1.02. The molecular formula is C93H120F3N17O21S. The van der Waals surface area contributed by atoms with E-state index in [2.05, 4.69) is 52.8 Å². The molecule has 730 valence electrons. The lowest BCUT2D eigenvalue weighted by atomic mass is 9.98. The number of carbonyl (C=O) groups is 17. The SMILES string of the molecule is CCCC[C@@H](C(=O)N1CCN[C@@H]1C(=O)N[C@@H](CC(=O)O)C(=O)N[C@H](C(=O)N(C)C(Cc1ccccc1)C(C)=O)C(C)C)N(C)C(=O)[C@H](Cc1ccccc1)N(C)C(=O)[C@H](Cc1cc(F)c(F)c(F)c1)NC(=O)CSC[C@H](NC(=O)[C@H](CC(C)C)NC(=O)[C@H](Cc1ccc(O)cc1)NC(=O)[C@H](Cc1c[nH]c2ccccc12)NC(=O)C1C[C@@H](O)CN1C(=O)[C@@H](N)CCC(=O)O)C(=O)NCC(N)=O. The van der Waals surface area contributed by atoms with Crippen LogP contribution in [-0.4, -0.2) is 294 Å². The summed E-state index contributed by atoms with van der Waals surface area (Å²) in [5.41, 5.74) is 13.8. The number of fused-ring (bicyclic) bond motifs is 1. The van der Waals surface area contributed by atoms with Gasteiger partial charge in [0.05, 0.1) is 36.9 Å². The number of nitrogens with two attached hydrogens (primary N) is 2. The normalized spacial score (nSPS) is 16.6. The molecule has 38 nitrogen and oxygen atoms in total. The van der Waals surface area contributed by atoms with Gasteiger partial charge in [-0.25, -0.2) is 13.2 Å². The molecule has 2 fully saturated rings. The third kappa shape index (κ3) is 30.8. The summed E-state index contributed by atoms with van der Waals surface area (Å²) in [6.45, 7) is 8.33. The second-order valence-corrected chi connectivity index (χ2v) is 35.5. The number of H-pyrrole nitrogens is 1. The number of Topliss-reactive ketones (excluding diaryl/α,β-unsaturated/α-hetero) is 1. The number of nitrogens with one attached hydrogen (secondary N) is 10. The second kappa shape index (κ2) is 50.7. The van der Waals surface area contributed by atoms with Crippen LogP contribution in [0.3, 0.4) is 0 Å². The van der Waals surface area contributed by atoms with Crippen molar-refractivity contribution in [1.29, 1.82) is 0 Å². The predicted molar refractivity (Wildman–Crippen MR) is 488 cm³/mol. The van der Waals surface area contributed by atoms with Crippen LogP contribution in [0.25, 0.3) is 10.9 Å². The van der Waals surface area contributed by atoms with Gasteiger partial charge in [0.1, 0.15) is 66.2 Å². The zero-order valence-corrected chi connectivity index (χ0v) is 77.3. The van der Waals surface area contributed by atoms with E-state index >= 15 is 32.8 Å². The Kier molecular flexibility index (Phi) is 40.1. The molecule has 3 heterocycles. The van der Waals surface area contributed by atoms with E-state index in [-0.39, 0.29) is 94.5 Å². The molecule has 14 amide bonds. The summed E-state index contributed by atoms with van der Waals surface area (Å²) in [6, 6.07) is 12.2. The Morgan fingerprint density at radius 2 is 1.12 bits per heavy atom. The number of amides is 14. The maximum absolute atomic E-state index is 15.6. The van der Waals surface area contributed by atoms with Crippen LogP contribution >= 0.6 is 11.8 Å². The minimum absolute atomic E-state index is 0.0381. The van der Waals surface area contributed by atoms with Crippen molar-refractivity contribution in [1.82, 2.24) is 77.3 Å². The van der Waals surface area contributed by atoms with Gasteiger partial charge >= 0.3 is 11.9 Å². The average Bonchev–Trinajstić information content (AvgIpc) is 1.72. The standard InChI is InChI=1S/C93H120F3N17O21S/c1-10-11-26-71(92(133)112-34-33-99-81(112)88(129)106-68(44-78(121)122)86(127)108-80(51(4)5)93(134)110(8)72(52(6)114)40-53-20-14-12-15-21-53)109(7)91(132)74(41-54-22-16-13-17-23-54)111(9)90(131)69(39-56-36-61(94)79(96)62(95)37-56)102-76(118)49-135-48-70(82(123)101-46-75(98)117)107-83(124)65(35-50(2)3)103-84(125)66(38-55-27-29-58(115)30-28-55)104-85(126)67(42-57-45-100-64-25-19-18-24-60(57)64)105-87(128)73-43-59(116)47-113(73)89(130)63(97)31-32-77(119)120/h12-25,27-30,36-37,45,50-51,59,63,65-74,80-81,99-100,115-116H,10-11,26,31-35,38-44,46-49,97H2,1-9H3,(H2,98,117)(H,101,123)(H,102,118)(H,103,125)(H,104,126)(H,105,128)(H,106,129)(H,107,124)(H,108,127)(H,119,120)(H,121,122)/t59-,63+,65+,66+,67+,68+,69+,70+,71+,72?,73?,74+,80+,81+/m1/s1. The summed E-state index contributed by atoms with van der Waals surface area (Å²) in [6.07, 6.45) is -4.44. The molecule has 2 unspecified atom stereocenters. The number of carbonyl (C=O) groups excluding carboxylic acids is 15. The summed E-state index contributed by atoms with van der Waals surface area (Å²) in [5.74, 6) is -24.5. The molecule has 8 rings (SSSR count). The number of aromatic amines is 1. The topological polar surface area (TPSA) is 563 Å². The molecule has 2 saturated heterocycles. The summed E-state index contributed by atoms with van der Waals surface area (Å²) in [7, 11) is 3.84. The number of halogens is 3. The van der Waals surface area contributed by atoms with Crippen LogP contribution in [0.1, 0.15) is 121 Å². The van der Waals surface area contributed by atoms with E-state index in [1.54, 1.807) is 126 Å². The number of ketones is 1. The zero-order valence-electron chi connectivity index (χ0n) is 76.5. The van der Waals surface area contributed by atoms with Gasteiger partial charge in [-0.2, -0.15) is 0 Å². The summed E-state index contributed by atoms with van der Waals surface area (Å²) in [5, 5.41) is 64.5.